The molecule has 0 aliphatic carbocycles. The SMILES string of the molecule is O=C(c1ccc(Cl)c(N2CCCC2)n1)N1CCCC1. The van der Waals surface area contributed by atoms with Gasteiger partial charge in [0, 0.05) is 26.2 Å². The second-order valence-electron chi connectivity index (χ2n) is 5.20. The summed E-state index contributed by atoms with van der Waals surface area (Å²) in [6.07, 6.45) is 4.53. The third kappa shape index (κ3) is 2.54. The number of hydrogen-bond acceptors (Lipinski definition) is 3. The van der Waals surface area contributed by atoms with E-state index >= 15 is 0 Å². The Balaban J connectivity index is 1.85. The smallest absolute Gasteiger partial charge is 0.272 e. The maximum Gasteiger partial charge on any atom is 0.272 e. The Kier molecular flexibility index (Phi) is 3.60. The normalized spacial score (nSPS) is 19.2. The lowest BCUT2D eigenvalue weighted by molar-refractivity contribution is 0.0787. The second-order valence-corrected chi connectivity index (χ2v) is 5.60. The van der Waals surface area contributed by atoms with Gasteiger partial charge in [-0.15, -0.1) is 0 Å². The van der Waals surface area contributed by atoms with Crippen molar-refractivity contribution in [2.45, 2.75) is 25.7 Å². The summed E-state index contributed by atoms with van der Waals surface area (Å²) >= 11 is 6.21. The topological polar surface area (TPSA) is 36.4 Å². The summed E-state index contributed by atoms with van der Waals surface area (Å²) in [5.41, 5.74) is 0.521. The van der Waals surface area contributed by atoms with Crippen molar-refractivity contribution in [3.8, 4) is 0 Å². The molecule has 19 heavy (non-hydrogen) atoms. The first kappa shape index (κ1) is 12.7. The van der Waals surface area contributed by atoms with Crippen LogP contribution in [0.15, 0.2) is 12.1 Å². The fourth-order valence-corrected chi connectivity index (χ4v) is 3.01. The molecule has 0 radical (unpaired) electrons. The van der Waals surface area contributed by atoms with E-state index in [1.54, 1.807) is 12.1 Å². The number of nitrogens with zero attached hydrogens (tertiary/aromatic N) is 3. The first-order chi connectivity index (χ1) is 9.25. The number of carbonyl (C=O) groups excluding carboxylic acids is 1. The number of hydrogen-bond donors (Lipinski definition) is 0. The van der Waals surface area contributed by atoms with Gasteiger partial charge in [0.1, 0.15) is 11.5 Å². The zero-order valence-electron chi connectivity index (χ0n) is 10.9. The molecule has 5 heteroatoms. The molecule has 2 fully saturated rings. The molecule has 0 saturated carbocycles. The van der Waals surface area contributed by atoms with Gasteiger partial charge in [0.05, 0.1) is 5.02 Å². The summed E-state index contributed by atoms with van der Waals surface area (Å²) in [6, 6.07) is 3.54. The first-order valence-electron chi connectivity index (χ1n) is 6.96. The highest BCUT2D eigenvalue weighted by atomic mass is 35.5. The molecular formula is C14H18ClN3O. The van der Waals surface area contributed by atoms with Crippen LogP contribution in [-0.2, 0) is 0 Å². The number of anilines is 1. The fraction of sp³-hybridized carbons (Fsp3) is 0.571. The van der Waals surface area contributed by atoms with Gasteiger partial charge in [-0.2, -0.15) is 0 Å². The number of amides is 1. The van der Waals surface area contributed by atoms with Crippen molar-refractivity contribution in [2.24, 2.45) is 0 Å². The molecule has 3 heterocycles. The minimum Gasteiger partial charge on any atom is -0.355 e. The van der Waals surface area contributed by atoms with Crippen molar-refractivity contribution in [1.82, 2.24) is 9.88 Å². The van der Waals surface area contributed by atoms with Crippen LogP contribution in [-0.4, -0.2) is 42.0 Å². The molecule has 2 aliphatic rings. The molecule has 0 bridgehead atoms. The van der Waals surface area contributed by atoms with Gasteiger partial charge in [0.25, 0.3) is 5.91 Å². The molecule has 1 amide bonds. The largest absolute Gasteiger partial charge is 0.355 e. The van der Waals surface area contributed by atoms with E-state index in [4.69, 9.17) is 11.6 Å². The molecular weight excluding hydrogens is 262 g/mol. The molecule has 2 saturated heterocycles. The van der Waals surface area contributed by atoms with Crippen molar-refractivity contribution >= 4 is 23.3 Å². The number of likely N-dealkylation sites (tertiary alicyclic amines) is 1. The number of carbonyl (C=O) groups is 1. The highest BCUT2D eigenvalue weighted by molar-refractivity contribution is 6.33. The zero-order valence-corrected chi connectivity index (χ0v) is 11.7. The molecule has 0 spiro atoms. The van der Waals surface area contributed by atoms with Crippen LogP contribution in [0.25, 0.3) is 0 Å². The van der Waals surface area contributed by atoms with Gasteiger partial charge in [-0.05, 0) is 37.8 Å². The molecule has 0 N–H and O–H groups in total. The third-order valence-corrected chi connectivity index (χ3v) is 4.14. The second kappa shape index (κ2) is 5.37. The van der Waals surface area contributed by atoms with Crippen molar-refractivity contribution in [1.29, 1.82) is 0 Å². The highest BCUT2D eigenvalue weighted by Gasteiger charge is 2.23. The Labute approximate surface area is 118 Å². The lowest BCUT2D eigenvalue weighted by atomic mass is 10.3. The quantitative estimate of drug-likeness (QED) is 0.835. The maximum atomic E-state index is 12.3. The number of aromatic nitrogens is 1. The Bertz CT molecular complexity index is 480. The van der Waals surface area contributed by atoms with Crippen molar-refractivity contribution in [3.63, 3.8) is 0 Å². The molecule has 0 unspecified atom stereocenters. The van der Waals surface area contributed by atoms with Crippen LogP contribution in [0, 0.1) is 0 Å². The number of rotatable bonds is 2. The maximum absolute atomic E-state index is 12.3. The minimum absolute atomic E-state index is 0.0367. The van der Waals surface area contributed by atoms with E-state index in [1.165, 1.54) is 12.8 Å². The fourth-order valence-electron chi connectivity index (χ4n) is 2.78. The number of pyridine rings is 1. The summed E-state index contributed by atoms with van der Waals surface area (Å²) in [5, 5.41) is 0.639. The molecule has 102 valence electrons. The molecule has 0 atom stereocenters. The van der Waals surface area contributed by atoms with E-state index in [0.29, 0.717) is 10.7 Å². The third-order valence-electron chi connectivity index (χ3n) is 3.85. The van der Waals surface area contributed by atoms with Gasteiger partial charge in [0.2, 0.25) is 0 Å². The van der Waals surface area contributed by atoms with E-state index < -0.39 is 0 Å². The highest BCUT2D eigenvalue weighted by Crippen LogP contribution is 2.27. The van der Waals surface area contributed by atoms with Gasteiger partial charge in [-0.1, -0.05) is 11.6 Å². The van der Waals surface area contributed by atoms with Crippen LogP contribution in [0.2, 0.25) is 5.02 Å². The van der Waals surface area contributed by atoms with Gasteiger partial charge in [-0.25, -0.2) is 4.98 Å². The van der Waals surface area contributed by atoms with Crippen LogP contribution >= 0.6 is 11.6 Å². The van der Waals surface area contributed by atoms with Crippen molar-refractivity contribution in [2.75, 3.05) is 31.1 Å². The van der Waals surface area contributed by atoms with Gasteiger partial charge in [0.15, 0.2) is 0 Å². The molecule has 1 aromatic heterocycles. The van der Waals surface area contributed by atoms with E-state index in [0.717, 1.165) is 44.8 Å². The van der Waals surface area contributed by atoms with Crippen LogP contribution in [0.5, 0.6) is 0 Å². The molecule has 1 aromatic rings. The minimum atomic E-state index is 0.0367. The average Bonchev–Trinajstić information content (AvgIpc) is 3.12. The summed E-state index contributed by atoms with van der Waals surface area (Å²) in [7, 11) is 0. The monoisotopic (exact) mass is 279 g/mol. The summed E-state index contributed by atoms with van der Waals surface area (Å²) in [5.74, 6) is 0.804. The van der Waals surface area contributed by atoms with Crippen LogP contribution < -0.4 is 4.90 Å². The Morgan fingerprint density at radius 1 is 1.05 bits per heavy atom. The zero-order chi connectivity index (χ0) is 13.2. The molecule has 4 nitrogen and oxygen atoms in total. The van der Waals surface area contributed by atoms with Gasteiger partial charge < -0.3 is 9.80 Å². The predicted molar refractivity (Wildman–Crippen MR) is 75.8 cm³/mol. The predicted octanol–water partition coefficient (Wildman–Crippen LogP) is 2.57. The lowest BCUT2D eigenvalue weighted by Gasteiger charge is -2.20. The summed E-state index contributed by atoms with van der Waals surface area (Å²) in [6.45, 7) is 3.66. The van der Waals surface area contributed by atoms with Crippen molar-refractivity contribution < 1.29 is 4.79 Å². The van der Waals surface area contributed by atoms with E-state index in [1.807, 2.05) is 4.90 Å². The first-order valence-corrected chi connectivity index (χ1v) is 7.34. The summed E-state index contributed by atoms with van der Waals surface area (Å²) in [4.78, 5) is 20.9. The molecule has 3 rings (SSSR count). The van der Waals surface area contributed by atoms with Gasteiger partial charge >= 0.3 is 0 Å². The Hall–Kier alpha value is -1.29. The van der Waals surface area contributed by atoms with E-state index in [-0.39, 0.29) is 5.91 Å². The Morgan fingerprint density at radius 2 is 1.68 bits per heavy atom. The number of halogens is 1. The molecule has 2 aliphatic heterocycles. The van der Waals surface area contributed by atoms with Crippen molar-refractivity contribution in [3.05, 3.63) is 22.8 Å². The van der Waals surface area contributed by atoms with Gasteiger partial charge in [-0.3, -0.25) is 4.79 Å². The average molecular weight is 280 g/mol. The van der Waals surface area contributed by atoms with E-state index in [9.17, 15) is 4.79 Å². The lowest BCUT2D eigenvalue weighted by Crippen LogP contribution is -2.29. The van der Waals surface area contributed by atoms with Crippen LogP contribution in [0.4, 0.5) is 5.82 Å². The van der Waals surface area contributed by atoms with Crippen LogP contribution in [0.3, 0.4) is 0 Å². The Morgan fingerprint density at radius 3 is 2.37 bits per heavy atom. The molecule has 0 aromatic carbocycles. The standard InChI is InChI=1S/C14H18ClN3O/c15-11-5-6-12(14(19)18-9-3-4-10-18)16-13(11)17-7-1-2-8-17/h5-6H,1-4,7-10H2. The van der Waals surface area contributed by atoms with Crippen LogP contribution in [0.1, 0.15) is 36.2 Å². The summed E-state index contributed by atoms with van der Waals surface area (Å²) < 4.78 is 0. The van der Waals surface area contributed by atoms with E-state index in [2.05, 4.69) is 9.88 Å².